The molecule has 5 rings (SSSR count). The van der Waals surface area contributed by atoms with Crippen LogP contribution in [0.4, 0.5) is 5.69 Å². The summed E-state index contributed by atoms with van der Waals surface area (Å²) in [6.45, 7) is 3.14. The zero-order chi connectivity index (χ0) is 23.7. The smallest absolute Gasteiger partial charge is 0.197 e. The zero-order valence-electron chi connectivity index (χ0n) is 19.0. The molecule has 1 fully saturated rings. The minimum absolute atomic E-state index is 0.127. The fourth-order valence-corrected chi connectivity index (χ4v) is 4.30. The van der Waals surface area contributed by atoms with Crippen LogP contribution in [0.25, 0.3) is 33.4 Å². The van der Waals surface area contributed by atoms with E-state index in [1.807, 2.05) is 12.1 Å². The molecule has 0 atom stereocenters. The number of methoxy groups -OCH3 is 2. The van der Waals surface area contributed by atoms with Gasteiger partial charge in [0, 0.05) is 42.5 Å². The molecule has 3 aromatic carbocycles. The van der Waals surface area contributed by atoms with Crippen LogP contribution >= 0.6 is 0 Å². The third kappa shape index (κ3) is 4.06. The van der Waals surface area contributed by atoms with Crippen LogP contribution in [0.1, 0.15) is 0 Å². The van der Waals surface area contributed by atoms with E-state index in [9.17, 15) is 9.90 Å². The van der Waals surface area contributed by atoms with Crippen molar-refractivity contribution < 1.29 is 23.7 Å². The zero-order valence-corrected chi connectivity index (χ0v) is 19.0. The molecule has 7 heteroatoms. The maximum Gasteiger partial charge on any atom is 0.197 e. The van der Waals surface area contributed by atoms with Gasteiger partial charge >= 0.3 is 0 Å². The number of fused-ring (bicyclic) bond motifs is 1. The Kier molecular flexibility index (Phi) is 5.86. The van der Waals surface area contributed by atoms with Gasteiger partial charge in [-0.15, -0.1) is 0 Å². The Labute approximate surface area is 196 Å². The van der Waals surface area contributed by atoms with Crippen molar-refractivity contribution in [3.05, 3.63) is 70.9 Å². The highest BCUT2D eigenvalue weighted by atomic mass is 16.5. The number of aromatic hydroxyl groups is 1. The number of rotatable bonds is 5. The fourth-order valence-electron chi connectivity index (χ4n) is 4.30. The monoisotopic (exact) mass is 459 g/mol. The van der Waals surface area contributed by atoms with Gasteiger partial charge in [-0.1, -0.05) is 12.1 Å². The molecule has 0 saturated carbocycles. The van der Waals surface area contributed by atoms with Crippen molar-refractivity contribution in [2.45, 2.75) is 0 Å². The number of morpholine rings is 1. The number of nitrogens with zero attached hydrogens (tertiary/aromatic N) is 1. The van der Waals surface area contributed by atoms with E-state index in [0.717, 1.165) is 43.1 Å². The Morgan fingerprint density at radius 3 is 2.35 bits per heavy atom. The second-order valence-corrected chi connectivity index (χ2v) is 8.05. The van der Waals surface area contributed by atoms with Crippen LogP contribution < -0.4 is 19.8 Å². The Balaban J connectivity index is 1.61. The number of hydrogen-bond acceptors (Lipinski definition) is 7. The normalized spacial score (nSPS) is 13.8. The fraction of sp³-hybridized carbons (Fsp3) is 0.222. The molecule has 4 aromatic rings. The average Bonchev–Trinajstić information content (AvgIpc) is 2.88. The predicted molar refractivity (Wildman–Crippen MR) is 131 cm³/mol. The highest BCUT2D eigenvalue weighted by molar-refractivity contribution is 5.89. The third-order valence-electron chi connectivity index (χ3n) is 6.05. The average molecular weight is 459 g/mol. The molecule has 0 aliphatic carbocycles. The highest BCUT2D eigenvalue weighted by Crippen LogP contribution is 2.37. The first-order chi connectivity index (χ1) is 16.6. The molecule has 0 spiro atoms. The van der Waals surface area contributed by atoms with Crippen LogP contribution in [-0.2, 0) is 4.74 Å². The first-order valence-electron chi connectivity index (χ1n) is 11.0. The Bertz CT molecular complexity index is 1390. The largest absolute Gasteiger partial charge is 0.508 e. The van der Waals surface area contributed by atoms with Gasteiger partial charge < -0.3 is 28.6 Å². The molecule has 1 aliphatic rings. The van der Waals surface area contributed by atoms with Gasteiger partial charge in [0.2, 0.25) is 0 Å². The second-order valence-electron chi connectivity index (χ2n) is 8.05. The Morgan fingerprint density at radius 1 is 0.882 bits per heavy atom. The van der Waals surface area contributed by atoms with Gasteiger partial charge in [-0.25, -0.2) is 0 Å². The molecule has 174 valence electrons. The summed E-state index contributed by atoms with van der Waals surface area (Å²) in [4.78, 5) is 15.3. The molecule has 0 radical (unpaired) electrons. The summed E-state index contributed by atoms with van der Waals surface area (Å²) in [7, 11) is 3.04. The van der Waals surface area contributed by atoms with Gasteiger partial charge in [-0.2, -0.15) is 0 Å². The number of phenolic OH excluding ortho intramolecular Hbond substituents is 1. The van der Waals surface area contributed by atoms with Gasteiger partial charge in [-0.05, 0) is 41.5 Å². The van der Waals surface area contributed by atoms with Crippen LogP contribution in [-0.4, -0.2) is 45.6 Å². The summed E-state index contributed by atoms with van der Waals surface area (Å²) in [5.74, 6) is 1.43. The van der Waals surface area contributed by atoms with E-state index in [-0.39, 0.29) is 11.2 Å². The SMILES string of the molecule is COc1cc(OC)c2c(=O)cc(-c3ccc(O)cc3-c3ccc(N4CCOCC4)cc3)oc2c1. The number of phenols is 1. The van der Waals surface area contributed by atoms with Crippen molar-refractivity contribution in [3.8, 4) is 39.7 Å². The number of hydrogen-bond donors (Lipinski definition) is 1. The maximum absolute atomic E-state index is 13.0. The summed E-state index contributed by atoms with van der Waals surface area (Å²) < 4.78 is 22.3. The Hall–Kier alpha value is -3.97. The quantitative estimate of drug-likeness (QED) is 0.464. The summed E-state index contributed by atoms with van der Waals surface area (Å²) in [5, 5.41) is 10.6. The van der Waals surface area contributed by atoms with E-state index >= 15 is 0 Å². The standard InChI is InChI=1S/C27H25NO6/c1-31-20-14-25(32-2)27-23(30)16-24(34-26(27)15-20)21-8-7-19(29)13-22(21)17-3-5-18(6-4-17)28-9-11-33-12-10-28/h3-8,13-16,29H,9-12H2,1-2H3. The van der Waals surface area contributed by atoms with E-state index in [0.29, 0.717) is 33.8 Å². The van der Waals surface area contributed by atoms with Crippen molar-refractivity contribution in [2.75, 3.05) is 45.4 Å². The lowest BCUT2D eigenvalue weighted by Gasteiger charge is -2.29. The van der Waals surface area contributed by atoms with Gasteiger partial charge in [0.05, 0.1) is 27.4 Å². The first-order valence-corrected chi connectivity index (χ1v) is 11.0. The van der Waals surface area contributed by atoms with Crippen molar-refractivity contribution in [2.24, 2.45) is 0 Å². The molecule has 0 unspecified atom stereocenters. The van der Waals surface area contributed by atoms with Crippen LogP contribution in [0.3, 0.4) is 0 Å². The summed E-state index contributed by atoms with van der Waals surface area (Å²) in [6.07, 6.45) is 0. The van der Waals surface area contributed by atoms with E-state index in [1.54, 1.807) is 37.4 Å². The summed E-state index contributed by atoms with van der Waals surface area (Å²) in [6, 6.07) is 17.9. The van der Waals surface area contributed by atoms with Crippen molar-refractivity contribution in [1.29, 1.82) is 0 Å². The van der Waals surface area contributed by atoms with Crippen LogP contribution in [0.2, 0.25) is 0 Å². The summed E-state index contributed by atoms with van der Waals surface area (Å²) >= 11 is 0. The van der Waals surface area contributed by atoms with Gasteiger partial charge in [0.1, 0.15) is 34.0 Å². The number of anilines is 1. The molecule has 1 N–H and O–H groups in total. The lowest BCUT2D eigenvalue weighted by molar-refractivity contribution is 0.122. The van der Waals surface area contributed by atoms with E-state index in [1.165, 1.54) is 13.2 Å². The number of ether oxygens (including phenoxy) is 3. The van der Waals surface area contributed by atoms with Gasteiger partial charge in [-0.3, -0.25) is 4.79 Å². The van der Waals surface area contributed by atoms with E-state index < -0.39 is 0 Å². The topological polar surface area (TPSA) is 81.4 Å². The molecular weight excluding hydrogens is 434 g/mol. The molecule has 1 aliphatic heterocycles. The predicted octanol–water partition coefficient (Wildman–Crippen LogP) is 4.69. The van der Waals surface area contributed by atoms with Crippen molar-refractivity contribution >= 4 is 16.7 Å². The summed E-state index contributed by atoms with van der Waals surface area (Å²) in [5.41, 5.74) is 3.60. The van der Waals surface area contributed by atoms with Gasteiger partial charge in [0.25, 0.3) is 0 Å². The lowest BCUT2D eigenvalue weighted by atomic mass is 9.97. The molecule has 1 saturated heterocycles. The number of benzene rings is 3. The third-order valence-corrected chi connectivity index (χ3v) is 6.05. The molecule has 0 amide bonds. The molecule has 0 bridgehead atoms. The molecule has 1 aromatic heterocycles. The van der Waals surface area contributed by atoms with Gasteiger partial charge in [0.15, 0.2) is 5.43 Å². The molecule has 2 heterocycles. The van der Waals surface area contributed by atoms with Crippen LogP contribution in [0, 0.1) is 0 Å². The van der Waals surface area contributed by atoms with Crippen molar-refractivity contribution in [3.63, 3.8) is 0 Å². The van der Waals surface area contributed by atoms with Crippen LogP contribution in [0.15, 0.2) is 69.9 Å². The second kappa shape index (κ2) is 9.11. The van der Waals surface area contributed by atoms with E-state index in [4.69, 9.17) is 18.6 Å². The Morgan fingerprint density at radius 2 is 1.65 bits per heavy atom. The maximum atomic E-state index is 13.0. The van der Waals surface area contributed by atoms with E-state index in [2.05, 4.69) is 17.0 Å². The minimum Gasteiger partial charge on any atom is -0.508 e. The lowest BCUT2D eigenvalue weighted by Crippen LogP contribution is -2.36. The van der Waals surface area contributed by atoms with Crippen LogP contribution in [0.5, 0.6) is 17.2 Å². The molecular formula is C27H25NO6. The highest BCUT2D eigenvalue weighted by Gasteiger charge is 2.17. The minimum atomic E-state index is -0.225. The van der Waals surface area contributed by atoms with Crippen molar-refractivity contribution in [1.82, 2.24) is 0 Å². The molecule has 34 heavy (non-hydrogen) atoms. The molecule has 7 nitrogen and oxygen atoms in total. The first kappa shape index (κ1) is 21.9.